The molecule has 0 bridgehead atoms. The van der Waals surface area contributed by atoms with E-state index in [9.17, 15) is 13.6 Å². The summed E-state index contributed by atoms with van der Waals surface area (Å²) in [4.78, 5) is 20.0. The first-order chi connectivity index (χ1) is 16.9. The van der Waals surface area contributed by atoms with Gasteiger partial charge >= 0.3 is 6.03 Å². The summed E-state index contributed by atoms with van der Waals surface area (Å²) in [5, 5.41) is 7.67. The molecule has 1 aliphatic heterocycles. The number of rotatable bonds is 8. The number of halogens is 2. The molecule has 0 saturated carbocycles. The van der Waals surface area contributed by atoms with Gasteiger partial charge in [0.25, 0.3) is 0 Å². The standard InChI is InChI=1S/C26H30F2N4O2S/c1-16(2)24-30-23(17-7-5-4-6-8-17)25(35-24)31-26(33)29-22-15-32(11-12-34-3)14-19(22)18-9-10-20(27)21(28)13-18/h4-10,13,16,19,22H,11-12,14-15H2,1-3H3,(H2,29,31,33). The molecule has 9 heteroatoms. The maximum Gasteiger partial charge on any atom is 0.320 e. The molecule has 2 heterocycles. The summed E-state index contributed by atoms with van der Waals surface area (Å²) in [5.74, 6) is -1.73. The fourth-order valence-electron chi connectivity index (χ4n) is 4.28. The number of benzene rings is 2. The molecule has 0 spiro atoms. The van der Waals surface area contributed by atoms with E-state index < -0.39 is 11.6 Å². The third-order valence-corrected chi connectivity index (χ3v) is 7.38. The van der Waals surface area contributed by atoms with Gasteiger partial charge in [0, 0.05) is 44.1 Å². The van der Waals surface area contributed by atoms with Crippen molar-refractivity contribution in [3.05, 3.63) is 70.7 Å². The molecule has 2 unspecified atom stereocenters. The van der Waals surface area contributed by atoms with Gasteiger partial charge < -0.3 is 10.1 Å². The predicted octanol–water partition coefficient (Wildman–Crippen LogP) is 5.45. The second-order valence-electron chi connectivity index (χ2n) is 8.99. The molecule has 1 fully saturated rings. The van der Waals surface area contributed by atoms with E-state index in [4.69, 9.17) is 9.72 Å². The zero-order valence-electron chi connectivity index (χ0n) is 20.1. The van der Waals surface area contributed by atoms with Crippen LogP contribution in [0.2, 0.25) is 0 Å². The lowest BCUT2D eigenvalue weighted by Crippen LogP contribution is -2.42. The number of thiazole rings is 1. The fraction of sp³-hybridized carbons (Fsp3) is 0.385. The Morgan fingerprint density at radius 1 is 1.17 bits per heavy atom. The van der Waals surface area contributed by atoms with Gasteiger partial charge in [-0.3, -0.25) is 10.2 Å². The molecule has 1 aromatic heterocycles. The normalized spacial score (nSPS) is 18.2. The molecule has 1 aliphatic rings. The molecule has 6 nitrogen and oxygen atoms in total. The Labute approximate surface area is 208 Å². The average Bonchev–Trinajstić information content (AvgIpc) is 3.44. The first kappa shape index (κ1) is 25.2. The molecule has 2 amide bonds. The average molecular weight is 501 g/mol. The molecule has 186 valence electrons. The lowest BCUT2D eigenvalue weighted by molar-refractivity contribution is 0.159. The largest absolute Gasteiger partial charge is 0.383 e. The van der Waals surface area contributed by atoms with Crippen molar-refractivity contribution in [1.29, 1.82) is 0 Å². The van der Waals surface area contributed by atoms with Crippen molar-refractivity contribution in [2.75, 3.05) is 38.7 Å². The number of hydrogen-bond acceptors (Lipinski definition) is 5. The zero-order valence-corrected chi connectivity index (χ0v) is 20.9. The Balaban J connectivity index is 1.54. The zero-order chi connectivity index (χ0) is 24.9. The molecular formula is C26H30F2N4O2S. The van der Waals surface area contributed by atoms with Gasteiger partial charge in [-0.1, -0.05) is 50.2 Å². The van der Waals surface area contributed by atoms with Crippen LogP contribution >= 0.6 is 11.3 Å². The van der Waals surface area contributed by atoms with Gasteiger partial charge in [0.05, 0.1) is 17.7 Å². The highest BCUT2D eigenvalue weighted by atomic mass is 32.1. The van der Waals surface area contributed by atoms with Gasteiger partial charge in [-0.2, -0.15) is 0 Å². The van der Waals surface area contributed by atoms with Crippen molar-refractivity contribution in [3.63, 3.8) is 0 Å². The second-order valence-corrected chi connectivity index (χ2v) is 10.0. The van der Waals surface area contributed by atoms with Crippen molar-refractivity contribution in [2.24, 2.45) is 0 Å². The van der Waals surface area contributed by atoms with E-state index >= 15 is 0 Å². The Morgan fingerprint density at radius 3 is 2.63 bits per heavy atom. The maximum atomic E-state index is 14.0. The van der Waals surface area contributed by atoms with E-state index in [-0.39, 0.29) is 23.9 Å². The van der Waals surface area contributed by atoms with Crippen molar-refractivity contribution in [3.8, 4) is 11.3 Å². The van der Waals surface area contributed by atoms with E-state index in [1.165, 1.54) is 17.4 Å². The molecule has 2 atom stereocenters. The second kappa shape index (κ2) is 11.2. The minimum atomic E-state index is -0.889. The molecular weight excluding hydrogens is 470 g/mol. The quantitative estimate of drug-likeness (QED) is 0.432. The van der Waals surface area contributed by atoms with Crippen LogP contribution in [0, 0.1) is 11.6 Å². The number of carbonyl (C=O) groups is 1. The molecule has 0 aliphatic carbocycles. The number of urea groups is 1. The Bertz CT molecular complexity index is 1160. The number of carbonyl (C=O) groups excluding carboxylic acids is 1. The van der Waals surface area contributed by atoms with Crippen molar-refractivity contribution >= 4 is 22.4 Å². The number of ether oxygens (including phenoxy) is 1. The van der Waals surface area contributed by atoms with Crippen molar-refractivity contribution < 1.29 is 18.3 Å². The monoisotopic (exact) mass is 500 g/mol. The summed E-state index contributed by atoms with van der Waals surface area (Å²) in [6.45, 7) is 6.54. The van der Waals surface area contributed by atoms with Crippen molar-refractivity contribution in [1.82, 2.24) is 15.2 Å². The molecule has 0 radical (unpaired) electrons. The minimum absolute atomic E-state index is 0.186. The number of likely N-dealkylation sites (tertiary alicyclic amines) is 1. The Kier molecular flexibility index (Phi) is 8.10. The smallest absolute Gasteiger partial charge is 0.320 e. The van der Waals surface area contributed by atoms with E-state index in [2.05, 4.69) is 29.4 Å². The highest BCUT2D eigenvalue weighted by molar-refractivity contribution is 7.16. The van der Waals surface area contributed by atoms with E-state index in [1.54, 1.807) is 13.2 Å². The van der Waals surface area contributed by atoms with Gasteiger partial charge in [-0.05, 0) is 17.7 Å². The van der Waals surface area contributed by atoms with Crippen LogP contribution in [0.5, 0.6) is 0 Å². The number of aromatic nitrogens is 1. The predicted molar refractivity (Wildman–Crippen MR) is 135 cm³/mol. The van der Waals surface area contributed by atoms with E-state index in [0.29, 0.717) is 36.8 Å². The third-order valence-electron chi connectivity index (χ3n) is 6.11. The van der Waals surface area contributed by atoms with Crippen LogP contribution in [0.4, 0.5) is 18.6 Å². The van der Waals surface area contributed by atoms with Gasteiger partial charge in [-0.15, -0.1) is 11.3 Å². The first-order valence-corrected chi connectivity index (χ1v) is 12.5. The lowest BCUT2D eigenvalue weighted by Gasteiger charge is -2.20. The summed E-state index contributed by atoms with van der Waals surface area (Å²) in [6.07, 6.45) is 0. The van der Waals surface area contributed by atoms with Crippen LogP contribution in [0.1, 0.15) is 36.3 Å². The highest BCUT2D eigenvalue weighted by Gasteiger charge is 2.35. The van der Waals surface area contributed by atoms with E-state index in [1.807, 2.05) is 30.3 Å². The van der Waals surface area contributed by atoms with Crippen LogP contribution in [-0.2, 0) is 4.74 Å². The lowest BCUT2D eigenvalue weighted by atomic mass is 9.94. The fourth-order valence-corrected chi connectivity index (χ4v) is 5.27. The summed E-state index contributed by atoms with van der Waals surface area (Å²) in [7, 11) is 1.64. The molecule has 3 aromatic rings. The minimum Gasteiger partial charge on any atom is -0.383 e. The number of hydrogen-bond donors (Lipinski definition) is 2. The van der Waals surface area contributed by atoms with Crippen LogP contribution in [0.25, 0.3) is 11.3 Å². The van der Waals surface area contributed by atoms with Gasteiger partial charge in [0.2, 0.25) is 0 Å². The number of amides is 2. The molecule has 4 rings (SSSR count). The Morgan fingerprint density at radius 2 is 1.94 bits per heavy atom. The number of nitrogens with zero attached hydrogens (tertiary/aromatic N) is 2. The van der Waals surface area contributed by atoms with Crippen LogP contribution in [0.3, 0.4) is 0 Å². The third kappa shape index (κ3) is 6.04. The highest BCUT2D eigenvalue weighted by Crippen LogP contribution is 2.36. The van der Waals surface area contributed by atoms with Crippen LogP contribution in [-0.4, -0.2) is 55.3 Å². The molecule has 2 aromatic carbocycles. The topological polar surface area (TPSA) is 66.5 Å². The maximum absolute atomic E-state index is 14.0. The summed E-state index contributed by atoms with van der Waals surface area (Å²) in [5.41, 5.74) is 2.32. The van der Waals surface area contributed by atoms with Crippen molar-refractivity contribution in [2.45, 2.75) is 31.7 Å². The van der Waals surface area contributed by atoms with Gasteiger partial charge in [0.1, 0.15) is 10.7 Å². The van der Waals surface area contributed by atoms with E-state index in [0.717, 1.165) is 22.3 Å². The van der Waals surface area contributed by atoms with Gasteiger partial charge in [-0.25, -0.2) is 18.6 Å². The Hall–Kier alpha value is -2.88. The summed E-state index contributed by atoms with van der Waals surface area (Å²) >= 11 is 1.46. The van der Waals surface area contributed by atoms with Gasteiger partial charge in [0.15, 0.2) is 11.6 Å². The summed E-state index contributed by atoms with van der Waals surface area (Å²) < 4.78 is 32.7. The first-order valence-electron chi connectivity index (χ1n) is 11.7. The number of methoxy groups -OCH3 is 1. The molecule has 35 heavy (non-hydrogen) atoms. The summed E-state index contributed by atoms with van der Waals surface area (Å²) in [6, 6.07) is 13.0. The van der Waals surface area contributed by atoms with Crippen LogP contribution < -0.4 is 10.6 Å². The number of nitrogens with one attached hydrogen (secondary N) is 2. The molecule has 1 saturated heterocycles. The number of anilines is 1. The molecule has 2 N–H and O–H groups in total. The van der Waals surface area contributed by atoms with Crippen LogP contribution in [0.15, 0.2) is 48.5 Å². The SMILES string of the molecule is COCCN1CC(NC(=O)Nc2sc(C(C)C)nc2-c2ccccc2)C(c2ccc(F)c(F)c2)C1.